The van der Waals surface area contributed by atoms with E-state index in [1.54, 1.807) is 0 Å². The Balaban J connectivity index is 2.04. The third kappa shape index (κ3) is 3.02. The molecule has 0 aromatic heterocycles. The standard InChI is InChI=1S/C19H24N2/c1-15-13-20-14-16(2)21(15)19(17-9-5-3-6-10-17)18-11-7-4-8-12-18/h3-12,15-16,19-20H,13-14H2,1-2H3. The largest absolute Gasteiger partial charge is 0.314 e. The van der Waals surface area contributed by atoms with Gasteiger partial charge in [0.25, 0.3) is 0 Å². The fourth-order valence-corrected chi connectivity index (χ4v) is 3.46. The summed E-state index contributed by atoms with van der Waals surface area (Å²) in [5.74, 6) is 0. The van der Waals surface area contributed by atoms with E-state index in [9.17, 15) is 0 Å². The first kappa shape index (κ1) is 14.3. The summed E-state index contributed by atoms with van der Waals surface area (Å²) in [6, 6.07) is 23.1. The van der Waals surface area contributed by atoms with Crippen LogP contribution in [0.4, 0.5) is 0 Å². The van der Waals surface area contributed by atoms with Crippen LogP contribution in [0.5, 0.6) is 0 Å². The Kier molecular flexibility index (Phi) is 4.37. The molecule has 1 N–H and O–H groups in total. The van der Waals surface area contributed by atoms with E-state index in [-0.39, 0.29) is 0 Å². The van der Waals surface area contributed by atoms with Gasteiger partial charge in [-0.25, -0.2) is 0 Å². The van der Waals surface area contributed by atoms with Crippen LogP contribution in [0.15, 0.2) is 60.7 Å². The zero-order valence-electron chi connectivity index (χ0n) is 12.9. The second kappa shape index (κ2) is 6.42. The van der Waals surface area contributed by atoms with Crippen molar-refractivity contribution < 1.29 is 0 Å². The van der Waals surface area contributed by atoms with Crippen LogP contribution in [0, 0.1) is 0 Å². The number of hydrogen-bond donors (Lipinski definition) is 1. The number of nitrogens with one attached hydrogen (secondary N) is 1. The van der Waals surface area contributed by atoms with Crippen LogP contribution in [0.25, 0.3) is 0 Å². The van der Waals surface area contributed by atoms with E-state index in [0.29, 0.717) is 18.1 Å². The van der Waals surface area contributed by atoms with Gasteiger partial charge in [0.05, 0.1) is 6.04 Å². The first-order chi connectivity index (χ1) is 10.3. The number of benzene rings is 2. The fourth-order valence-electron chi connectivity index (χ4n) is 3.46. The van der Waals surface area contributed by atoms with Crippen LogP contribution in [0.2, 0.25) is 0 Å². The second-order valence-electron chi connectivity index (χ2n) is 6.03. The van der Waals surface area contributed by atoms with Gasteiger partial charge in [-0.05, 0) is 25.0 Å². The van der Waals surface area contributed by atoms with Gasteiger partial charge in [-0.1, -0.05) is 60.7 Å². The van der Waals surface area contributed by atoms with Gasteiger partial charge in [-0.2, -0.15) is 0 Å². The van der Waals surface area contributed by atoms with Crippen LogP contribution >= 0.6 is 0 Å². The van der Waals surface area contributed by atoms with Crippen LogP contribution < -0.4 is 5.32 Å². The molecule has 1 aliphatic rings. The highest BCUT2D eigenvalue weighted by molar-refractivity contribution is 5.32. The van der Waals surface area contributed by atoms with Crippen LogP contribution in [0.3, 0.4) is 0 Å². The molecule has 2 atom stereocenters. The molecule has 1 aliphatic heterocycles. The quantitative estimate of drug-likeness (QED) is 0.926. The highest BCUT2D eigenvalue weighted by Gasteiger charge is 2.32. The Morgan fingerprint density at radius 3 is 1.67 bits per heavy atom. The van der Waals surface area contributed by atoms with Crippen molar-refractivity contribution in [1.82, 2.24) is 10.2 Å². The maximum absolute atomic E-state index is 3.53. The van der Waals surface area contributed by atoms with Crippen molar-refractivity contribution >= 4 is 0 Å². The molecule has 0 saturated carbocycles. The maximum Gasteiger partial charge on any atom is 0.0607 e. The van der Waals surface area contributed by atoms with Crippen molar-refractivity contribution in [2.75, 3.05) is 13.1 Å². The number of hydrogen-bond acceptors (Lipinski definition) is 2. The minimum absolute atomic E-state index is 0.333. The van der Waals surface area contributed by atoms with Crippen molar-refractivity contribution in [3.05, 3.63) is 71.8 Å². The van der Waals surface area contributed by atoms with Gasteiger partial charge in [0.15, 0.2) is 0 Å². The summed E-state index contributed by atoms with van der Waals surface area (Å²) in [5.41, 5.74) is 2.76. The van der Waals surface area contributed by atoms with E-state index in [1.807, 2.05) is 0 Å². The number of piperazine rings is 1. The zero-order chi connectivity index (χ0) is 14.7. The van der Waals surface area contributed by atoms with Crippen molar-refractivity contribution in [2.45, 2.75) is 32.0 Å². The van der Waals surface area contributed by atoms with Gasteiger partial charge in [0.1, 0.15) is 0 Å². The van der Waals surface area contributed by atoms with Crippen LogP contribution in [-0.4, -0.2) is 30.1 Å². The van der Waals surface area contributed by atoms with Crippen LogP contribution in [-0.2, 0) is 0 Å². The summed E-state index contributed by atoms with van der Waals surface area (Å²) in [6.07, 6.45) is 0. The summed E-state index contributed by atoms with van der Waals surface area (Å²) in [7, 11) is 0. The summed E-state index contributed by atoms with van der Waals surface area (Å²) in [4.78, 5) is 2.65. The molecule has 2 unspecified atom stereocenters. The Morgan fingerprint density at radius 1 is 0.810 bits per heavy atom. The van der Waals surface area contributed by atoms with Crippen molar-refractivity contribution in [3.63, 3.8) is 0 Å². The topological polar surface area (TPSA) is 15.3 Å². The first-order valence-corrected chi connectivity index (χ1v) is 7.85. The van der Waals surface area contributed by atoms with Gasteiger partial charge in [-0.3, -0.25) is 4.90 Å². The monoisotopic (exact) mass is 280 g/mol. The van der Waals surface area contributed by atoms with Gasteiger partial charge < -0.3 is 5.32 Å². The highest BCUT2D eigenvalue weighted by Crippen LogP contribution is 2.32. The third-order valence-electron chi connectivity index (χ3n) is 4.43. The predicted octanol–water partition coefficient (Wildman–Crippen LogP) is 3.46. The molecule has 0 radical (unpaired) electrons. The van der Waals surface area contributed by atoms with Gasteiger partial charge in [0, 0.05) is 25.2 Å². The van der Waals surface area contributed by atoms with Gasteiger partial charge in [0.2, 0.25) is 0 Å². The SMILES string of the molecule is CC1CNCC(C)N1C(c1ccccc1)c1ccccc1. The molecule has 2 aromatic carbocycles. The fraction of sp³-hybridized carbons (Fsp3) is 0.368. The third-order valence-corrected chi connectivity index (χ3v) is 4.43. The van der Waals surface area contributed by atoms with E-state index in [4.69, 9.17) is 0 Å². The summed E-state index contributed by atoms with van der Waals surface area (Å²) >= 11 is 0. The molecule has 1 fully saturated rings. The van der Waals surface area contributed by atoms with E-state index in [1.165, 1.54) is 11.1 Å². The molecule has 2 aromatic rings. The molecule has 0 amide bonds. The summed E-state index contributed by atoms with van der Waals surface area (Å²) < 4.78 is 0. The highest BCUT2D eigenvalue weighted by atomic mass is 15.3. The molecule has 1 heterocycles. The average Bonchev–Trinajstić information content (AvgIpc) is 2.53. The molecule has 110 valence electrons. The average molecular weight is 280 g/mol. The summed E-state index contributed by atoms with van der Waals surface area (Å²) in [5, 5.41) is 3.53. The molecule has 2 heteroatoms. The lowest BCUT2D eigenvalue weighted by Gasteiger charge is -2.45. The molecule has 21 heavy (non-hydrogen) atoms. The first-order valence-electron chi connectivity index (χ1n) is 7.85. The van der Waals surface area contributed by atoms with Crippen LogP contribution in [0.1, 0.15) is 31.0 Å². The van der Waals surface area contributed by atoms with Crippen molar-refractivity contribution in [2.24, 2.45) is 0 Å². The molecule has 1 saturated heterocycles. The lowest BCUT2D eigenvalue weighted by atomic mass is 9.93. The van der Waals surface area contributed by atoms with Gasteiger partial charge >= 0.3 is 0 Å². The van der Waals surface area contributed by atoms with E-state index < -0.39 is 0 Å². The molecule has 2 nitrogen and oxygen atoms in total. The minimum Gasteiger partial charge on any atom is -0.314 e. The lowest BCUT2D eigenvalue weighted by Crippen LogP contribution is -2.56. The van der Waals surface area contributed by atoms with Crippen molar-refractivity contribution in [1.29, 1.82) is 0 Å². The number of rotatable bonds is 3. The Bertz CT molecular complexity index is 503. The smallest absolute Gasteiger partial charge is 0.0607 e. The van der Waals surface area contributed by atoms with E-state index in [2.05, 4.69) is 84.7 Å². The lowest BCUT2D eigenvalue weighted by molar-refractivity contribution is 0.0835. The zero-order valence-corrected chi connectivity index (χ0v) is 12.9. The molecule has 0 spiro atoms. The second-order valence-corrected chi connectivity index (χ2v) is 6.03. The molecule has 3 rings (SSSR count). The molecular formula is C19H24N2. The minimum atomic E-state index is 0.333. The normalized spacial score (nSPS) is 23.4. The van der Waals surface area contributed by atoms with Crippen molar-refractivity contribution in [3.8, 4) is 0 Å². The maximum atomic E-state index is 3.53. The molecular weight excluding hydrogens is 256 g/mol. The Labute approximate surface area is 127 Å². The predicted molar refractivity (Wildman–Crippen MR) is 88.4 cm³/mol. The Morgan fingerprint density at radius 2 is 1.24 bits per heavy atom. The summed E-state index contributed by atoms with van der Waals surface area (Å²) in [6.45, 7) is 6.75. The van der Waals surface area contributed by atoms with Gasteiger partial charge in [-0.15, -0.1) is 0 Å². The van der Waals surface area contributed by atoms with E-state index >= 15 is 0 Å². The molecule has 0 bridgehead atoms. The Hall–Kier alpha value is -1.64. The number of nitrogens with zero attached hydrogens (tertiary/aromatic N) is 1. The molecule has 0 aliphatic carbocycles. The van der Waals surface area contributed by atoms with E-state index in [0.717, 1.165) is 13.1 Å².